The normalized spacial score (nSPS) is 16.5. The molecular weight excluding hydrogens is 144 g/mol. The maximum Gasteiger partial charge on any atom is 0.0115 e. The van der Waals surface area contributed by atoms with Crippen LogP contribution in [0.5, 0.6) is 0 Å². The van der Waals surface area contributed by atoms with Gasteiger partial charge in [-0.2, -0.15) is 0 Å². The highest BCUT2D eigenvalue weighted by Gasteiger charge is 2.08. The van der Waals surface area contributed by atoms with Crippen molar-refractivity contribution in [2.24, 2.45) is 0 Å². The lowest BCUT2D eigenvalue weighted by molar-refractivity contribution is 0.763. The van der Waals surface area contributed by atoms with Gasteiger partial charge < -0.3 is 0 Å². The van der Waals surface area contributed by atoms with Crippen molar-refractivity contribution in [2.75, 3.05) is 0 Å². The summed E-state index contributed by atoms with van der Waals surface area (Å²) in [7, 11) is 1.58. The maximum atomic E-state index is 2.48. The summed E-state index contributed by atoms with van der Waals surface area (Å²) in [5, 5.41) is 0.787. The van der Waals surface area contributed by atoms with Gasteiger partial charge in [-0.3, -0.25) is 0 Å². The van der Waals surface area contributed by atoms with Crippen LogP contribution in [0.2, 0.25) is 11.6 Å². The topological polar surface area (TPSA) is 0 Å². The van der Waals surface area contributed by atoms with Crippen LogP contribution in [0.1, 0.15) is 20.8 Å². The standard InChI is InChI=1S/C5H18Si3/c1-5(2,3)7-8-6-4/h6-8H2,1-4H3. The van der Waals surface area contributed by atoms with Crippen molar-refractivity contribution in [3.63, 3.8) is 0 Å². The SMILES string of the molecule is C[SiH2][SiH2][SiH2]C(C)(C)C. The molecule has 0 amide bonds. The van der Waals surface area contributed by atoms with Gasteiger partial charge >= 0.3 is 0 Å². The van der Waals surface area contributed by atoms with Crippen molar-refractivity contribution >= 4 is 26.6 Å². The van der Waals surface area contributed by atoms with Crippen molar-refractivity contribution in [1.29, 1.82) is 0 Å². The highest BCUT2D eigenvalue weighted by Crippen LogP contribution is 2.18. The molecule has 3 heteroatoms. The number of hydrogen-bond acceptors (Lipinski definition) is 0. The Balaban J connectivity index is 3.11. The Bertz CT molecular complexity index is 55.2. The van der Waals surface area contributed by atoms with E-state index in [0.29, 0.717) is 26.6 Å². The molecule has 50 valence electrons. The fraction of sp³-hybridized carbons (Fsp3) is 1.00. The Kier molecular flexibility index (Phi) is 3.93. The van der Waals surface area contributed by atoms with E-state index in [9.17, 15) is 0 Å². The quantitative estimate of drug-likeness (QED) is 0.484. The third-order valence-corrected chi connectivity index (χ3v) is 21.1. The van der Waals surface area contributed by atoms with Gasteiger partial charge in [0.25, 0.3) is 0 Å². The Labute approximate surface area is 59.5 Å². The molecule has 8 heavy (non-hydrogen) atoms. The van der Waals surface area contributed by atoms with Crippen LogP contribution in [-0.4, -0.2) is 26.6 Å². The molecule has 0 N–H and O–H groups in total. The molecule has 0 rings (SSSR count). The monoisotopic (exact) mass is 162 g/mol. The molecule has 0 unspecified atom stereocenters. The summed E-state index contributed by atoms with van der Waals surface area (Å²) in [6, 6.07) is 0. The summed E-state index contributed by atoms with van der Waals surface area (Å²) in [5.41, 5.74) is 0. The van der Waals surface area contributed by atoms with Gasteiger partial charge in [-0.25, -0.2) is 0 Å². The average Bonchev–Trinajstić information content (AvgIpc) is 1.59. The van der Waals surface area contributed by atoms with E-state index in [1.54, 1.807) is 0 Å². The Morgan fingerprint density at radius 2 is 1.62 bits per heavy atom. The van der Waals surface area contributed by atoms with Gasteiger partial charge in [0.15, 0.2) is 0 Å². The van der Waals surface area contributed by atoms with Crippen molar-refractivity contribution in [2.45, 2.75) is 32.4 Å². The number of rotatable bonds is 2. The largest absolute Gasteiger partial charge is 0.0773 e. The van der Waals surface area contributed by atoms with E-state index in [2.05, 4.69) is 27.3 Å². The van der Waals surface area contributed by atoms with Crippen molar-refractivity contribution in [3.05, 3.63) is 0 Å². The van der Waals surface area contributed by atoms with E-state index >= 15 is 0 Å². The third-order valence-electron chi connectivity index (χ3n) is 1.28. The van der Waals surface area contributed by atoms with Crippen LogP contribution < -0.4 is 0 Å². The summed E-state index contributed by atoms with van der Waals surface area (Å²) >= 11 is 0. The summed E-state index contributed by atoms with van der Waals surface area (Å²) in [6.07, 6.45) is 0. The fourth-order valence-electron chi connectivity index (χ4n) is 0.707. The molecule has 0 atom stereocenters. The highest BCUT2D eigenvalue weighted by atomic mass is 29.5. The molecule has 0 aromatic carbocycles. The molecule has 0 aliphatic heterocycles. The van der Waals surface area contributed by atoms with Gasteiger partial charge in [-0.1, -0.05) is 32.4 Å². The minimum atomic E-state index is 0.450. The third kappa shape index (κ3) is 6.65. The molecule has 0 saturated carbocycles. The van der Waals surface area contributed by atoms with Crippen LogP contribution in [0.25, 0.3) is 0 Å². The zero-order valence-electron chi connectivity index (χ0n) is 6.62. The molecule has 0 bridgehead atoms. The summed E-state index contributed by atoms with van der Waals surface area (Å²) in [4.78, 5) is 0. The van der Waals surface area contributed by atoms with Gasteiger partial charge in [0, 0.05) is 18.1 Å². The van der Waals surface area contributed by atoms with Crippen molar-refractivity contribution in [1.82, 2.24) is 0 Å². The van der Waals surface area contributed by atoms with Crippen LogP contribution in [-0.2, 0) is 0 Å². The molecular formula is C5H18Si3. The molecule has 0 heterocycles. The first kappa shape index (κ1) is 8.65. The molecule has 0 aromatic rings. The summed E-state index contributed by atoms with van der Waals surface area (Å²) < 4.78 is 0. The lowest BCUT2D eigenvalue weighted by Gasteiger charge is -2.15. The van der Waals surface area contributed by atoms with Crippen LogP contribution in [0.3, 0.4) is 0 Å². The second kappa shape index (κ2) is 3.63. The van der Waals surface area contributed by atoms with Gasteiger partial charge in [0.2, 0.25) is 0 Å². The summed E-state index contributed by atoms with van der Waals surface area (Å²) in [5.74, 6) is 0. The fourth-order valence-corrected chi connectivity index (χ4v) is 19.1. The first-order chi connectivity index (χ1) is 3.56. The molecule has 0 saturated heterocycles. The van der Waals surface area contributed by atoms with Crippen molar-refractivity contribution in [3.8, 4) is 0 Å². The van der Waals surface area contributed by atoms with Gasteiger partial charge in [0.05, 0.1) is 0 Å². The highest BCUT2D eigenvalue weighted by molar-refractivity contribution is 7.29. The Morgan fingerprint density at radius 1 is 1.12 bits per heavy atom. The van der Waals surface area contributed by atoms with E-state index in [0.717, 1.165) is 5.04 Å². The molecule has 0 aliphatic rings. The Morgan fingerprint density at radius 3 is 1.75 bits per heavy atom. The van der Waals surface area contributed by atoms with Gasteiger partial charge in [-0.05, 0) is 8.55 Å². The van der Waals surface area contributed by atoms with E-state index in [-0.39, 0.29) is 0 Å². The molecule has 0 fully saturated rings. The predicted octanol–water partition coefficient (Wildman–Crippen LogP) is -0.411. The first-order valence-electron chi connectivity index (χ1n) is 3.56. The van der Waals surface area contributed by atoms with Gasteiger partial charge in [0.1, 0.15) is 0 Å². The second-order valence-electron chi connectivity index (χ2n) is 3.66. The van der Waals surface area contributed by atoms with Gasteiger partial charge in [-0.15, -0.1) is 0 Å². The van der Waals surface area contributed by atoms with Crippen molar-refractivity contribution < 1.29 is 0 Å². The molecule has 0 aliphatic carbocycles. The summed E-state index contributed by atoms with van der Waals surface area (Å²) in [6.45, 7) is 9.72. The second-order valence-corrected chi connectivity index (χ2v) is 21.0. The zero-order valence-corrected chi connectivity index (χ0v) is 10.9. The lowest BCUT2D eigenvalue weighted by atomic mass is 10.3. The van der Waals surface area contributed by atoms with E-state index in [1.807, 2.05) is 0 Å². The predicted molar refractivity (Wildman–Crippen MR) is 51.2 cm³/mol. The van der Waals surface area contributed by atoms with E-state index in [1.165, 1.54) is 0 Å². The van der Waals surface area contributed by atoms with Crippen LogP contribution >= 0.6 is 0 Å². The Hall–Kier alpha value is 0.651. The van der Waals surface area contributed by atoms with Crippen LogP contribution in [0.4, 0.5) is 0 Å². The minimum absolute atomic E-state index is 0.450. The molecule has 0 spiro atoms. The zero-order chi connectivity index (χ0) is 6.62. The van der Waals surface area contributed by atoms with E-state index in [4.69, 9.17) is 0 Å². The molecule has 0 nitrogen and oxygen atoms in total. The average molecular weight is 162 g/mol. The molecule has 0 aromatic heterocycles. The lowest BCUT2D eigenvalue weighted by Crippen LogP contribution is -2.19. The maximum absolute atomic E-state index is 2.48. The van der Waals surface area contributed by atoms with Crippen LogP contribution in [0.15, 0.2) is 0 Å². The first-order valence-corrected chi connectivity index (χ1v) is 13.7. The number of hydrogen-bond donors (Lipinski definition) is 0. The van der Waals surface area contributed by atoms with E-state index < -0.39 is 0 Å². The van der Waals surface area contributed by atoms with Crippen LogP contribution in [0, 0.1) is 0 Å². The smallest absolute Gasteiger partial charge is 0.0115 e. The minimum Gasteiger partial charge on any atom is -0.0773 e. The molecule has 0 radical (unpaired) electrons.